The third-order valence-electron chi connectivity index (χ3n) is 6.69. The molecule has 186 valence electrons. The number of anilines is 3. The first-order chi connectivity index (χ1) is 17.5. The third-order valence-corrected chi connectivity index (χ3v) is 7.69. The lowest BCUT2D eigenvalue weighted by atomic mass is 10.1. The van der Waals surface area contributed by atoms with Crippen molar-refractivity contribution in [2.45, 2.75) is 32.1 Å². The highest BCUT2D eigenvalue weighted by Gasteiger charge is 2.37. The molecule has 2 aliphatic heterocycles. The van der Waals surface area contributed by atoms with Gasteiger partial charge in [-0.1, -0.05) is 36.5 Å². The Morgan fingerprint density at radius 3 is 2.53 bits per heavy atom. The molecule has 0 aliphatic carbocycles. The fourth-order valence-corrected chi connectivity index (χ4v) is 5.57. The number of ether oxygens (including phenoxy) is 1. The van der Waals surface area contributed by atoms with Crippen LogP contribution in [-0.4, -0.2) is 48.1 Å². The van der Waals surface area contributed by atoms with Crippen LogP contribution < -0.4 is 19.9 Å². The van der Waals surface area contributed by atoms with Gasteiger partial charge in [-0.05, 0) is 42.3 Å². The number of aryl methyl sites for hydroxylation is 1. The fraction of sp³-hybridized carbons (Fsp3) is 0.346. The van der Waals surface area contributed by atoms with Gasteiger partial charge in [0.25, 0.3) is 0 Å². The second kappa shape index (κ2) is 10.1. The van der Waals surface area contributed by atoms with Crippen LogP contribution in [-0.2, 0) is 20.8 Å². The lowest BCUT2D eigenvalue weighted by Gasteiger charge is -2.19. The van der Waals surface area contributed by atoms with Gasteiger partial charge in [0.15, 0.2) is 0 Å². The first-order valence-electron chi connectivity index (χ1n) is 11.9. The van der Waals surface area contributed by atoms with Crippen molar-refractivity contribution in [3.8, 4) is 5.75 Å². The lowest BCUT2D eigenvalue weighted by molar-refractivity contribution is -0.122. The highest BCUT2D eigenvalue weighted by molar-refractivity contribution is 7.15. The number of carbonyl (C=O) groups excluding carboxylic acids is 3. The van der Waals surface area contributed by atoms with Gasteiger partial charge in [-0.25, -0.2) is 0 Å². The molecule has 2 aliphatic rings. The normalized spacial score (nSPS) is 19.7. The minimum absolute atomic E-state index is 0.0600. The Hall–Kier alpha value is -3.79. The van der Waals surface area contributed by atoms with Crippen molar-refractivity contribution >= 4 is 45.6 Å². The number of nitrogens with zero attached hydrogens (tertiary/aromatic N) is 4. The van der Waals surface area contributed by atoms with Gasteiger partial charge in [0.1, 0.15) is 10.8 Å². The van der Waals surface area contributed by atoms with Crippen molar-refractivity contribution in [3.05, 3.63) is 59.1 Å². The summed E-state index contributed by atoms with van der Waals surface area (Å²) in [6, 6.07) is 15.1. The van der Waals surface area contributed by atoms with Crippen molar-refractivity contribution in [2.75, 3.05) is 35.3 Å². The summed E-state index contributed by atoms with van der Waals surface area (Å²) >= 11 is 1.28. The molecule has 2 atom stereocenters. The van der Waals surface area contributed by atoms with Gasteiger partial charge in [-0.2, -0.15) is 0 Å². The van der Waals surface area contributed by atoms with E-state index in [1.54, 1.807) is 36.3 Å². The zero-order valence-electron chi connectivity index (χ0n) is 20.1. The highest BCUT2D eigenvalue weighted by atomic mass is 32.1. The summed E-state index contributed by atoms with van der Waals surface area (Å²) in [5.41, 5.74) is 2.80. The van der Waals surface area contributed by atoms with Crippen molar-refractivity contribution in [1.82, 2.24) is 10.2 Å². The smallest absolute Gasteiger partial charge is 0.231 e. The van der Waals surface area contributed by atoms with E-state index >= 15 is 0 Å². The molecule has 0 bridgehead atoms. The van der Waals surface area contributed by atoms with Crippen molar-refractivity contribution in [3.63, 3.8) is 0 Å². The summed E-state index contributed by atoms with van der Waals surface area (Å²) in [5.74, 6) is -0.165. The van der Waals surface area contributed by atoms with E-state index in [4.69, 9.17) is 4.74 Å². The minimum Gasteiger partial charge on any atom is -0.497 e. The summed E-state index contributed by atoms with van der Waals surface area (Å²) in [5, 5.41) is 12.3. The Balaban J connectivity index is 1.22. The number of para-hydroxylation sites is 1. The van der Waals surface area contributed by atoms with Crippen molar-refractivity contribution < 1.29 is 19.1 Å². The van der Waals surface area contributed by atoms with E-state index in [1.165, 1.54) is 11.3 Å². The van der Waals surface area contributed by atoms with E-state index in [1.807, 2.05) is 29.2 Å². The Morgan fingerprint density at radius 2 is 1.78 bits per heavy atom. The molecule has 0 radical (unpaired) electrons. The minimum atomic E-state index is -0.485. The number of benzene rings is 2. The van der Waals surface area contributed by atoms with Gasteiger partial charge in [-0.15, -0.1) is 10.2 Å². The standard InChI is InChI=1S/C26H27N5O4S/c1-3-16-6-4-5-7-21(16)31-15-18(13-23(31)33)25-28-29-26(36-25)27-24(34)17-12-22(32)30(14-17)19-8-10-20(35-2)11-9-19/h4-11,17-18H,3,12-15H2,1-2H3,(H,27,29,34). The molecule has 3 heterocycles. The zero-order chi connectivity index (χ0) is 25.2. The largest absolute Gasteiger partial charge is 0.497 e. The molecule has 5 rings (SSSR count). The third kappa shape index (κ3) is 4.68. The number of hydrogen-bond acceptors (Lipinski definition) is 7. The molecule has 3 aromatic rings. The summed E-state index contributed by atoms with van der Waals surface area (Å²) in [6.07, 6.45) is 1.33. The maximum atomic E-state index is 12.9. The van der Waals surface area contributed by atoms with Crippen LogP contribution in [0.5, 0.6) is 5.75 Å². The first kappa shape index (κ1) is 23.9. The second-order valence-corrected chi connectivity index (χ2v) is 9.93. The second-order valence-electron chi connectivity index (χ2n) is 8.93. The number of rotatable bonds is 7. The Morgan fingerprint density at radius 1 is 1.03 bits per heavy atom. The van der Waals surface area contributed by atoms with E-state index in [0.717, 1.165) is 28.4 Å². The molecule has 0 spiro atoms. The summed E-state index contributed by atoms with van der Waals surface area (Å²) in [4.78, 5) is 41.6. The Labute approximate surface area is 213 Å². The van der Waals surface area contributed by atoms with Gasteiger partial charge in [-0.3, -0.25) is 14.4 Å². The van der Waals surface area contributed by atoms with Crippen LogP contribution in [0.15, 0.2) is 48.5 Å². The quantitative estimate of drug-likeness (QED) is 0.526. The van der Waals surface area contributed by atoms with Crippen LogP contribution >= 0.6 is 11.3 Å². The molecule has 10 heteroatoms. The molecular weight excluding hydrogens is 478 g/mol. The number of methoxy groups -OCH3 is 1. The van der Waals surface area contributed by atoms with Crippen molar-refractivity contribution in [2.24, 2.45) is 5.92 Å². The summed E-state index contributed by atoms with van der Waals surface area (Å²) in [7, 11) is 1.58. The number of carbonyl (C=O) groups is 3. The molecule has 0 saturated carbocycles. The highest BCUT2D eigenvalue weighted by Crippen LogP contribution is 2.36. The number of aromatic nitrogens is 2. The average molecular weight is 506 g/mol. The number of hydrogen-bond donors (Lipinski definition) is 1. The molecule has 9 nitrogen and oxygen atoms in total. The van der Waals surface area contributed by atoms with Gasteiger partial charge in [0.2, 0.25) is 22.9 Å². The van der Waals surface area contributed by atoms with E-state index in [0.29, 0.717) is 30.4 Å². The molecule has 2 fully saturated rings. The first-order valence-corrected chi connectivity index (χ1v) is 12.8. The molecule has 2 aromatic carbocycles. The maximum Gasteiger partial charge on any atom is 0.231 e. The van der Waals surface area contributed by atoms with E-state index in [2.05, 4.69) is 22.4 Å². The SMILES string of the molecule is CCc1ccccc1N1CC(c2nnc(NC(=O)C3CC(=O)N(c4ccc(OC)cc4)C3)s2)CC1=O. The van der Waals surface area contributed by atoms with Gasteiger partial charge < -0.3 is 19.9 Å². The fourth-order valence-electron chi connectivity index (χ4n) is 4.73. The van der Waals surface area contributed by atoms with Gasteiger partial charge in [0.05, 0.1) is 13.0 Å². The zero-order valence-corrected chi connectivity index (χ0v) is 21.0. The van der Waals surface area contributed by atoms with Crippen LogP contribution in [0.2, 0.25) is 0 Å². The molecule has 3 amide bonds. The maximum absolute atomic E-state index is 12.9. The van der Waals surface area contributed by atoms with Crippen LogP contribution in [0.3, 0.4) is 0 Å². The summed E-state index contributed by atoms with van der Waals surface area (Å²) in [6.45, 7) is 2.91. The topological polar surface area (TPSA) is 105 Å². The van der Waals surface area contributed by atoms with E-state index in [9.17, 15) is 14.4 Å². The average Bonchev–Trinajstić information content (AvgIpc) is 3.62. The van der Waals surface area contributed by atoms with Crippen LogP contribution in [0.1, 0.15) is 36.3 Å². The molecule has 1 N–H and O–H groups in total. The van der Waals surface area contributed by atoms with E-state index in [-0.39, 0.29) is 30.1 Å². The van der Waals surface area contributed by atoms with Gasteiger partial charge in [0, 0.05) is 43.2 Å². The lowest BCUT2D eigenvalue weighted by Crippen LogP contribution is -2.28. The molecular formula is C26H27N5O4S. The molecule has 1 aromatic heterocycles. The van der Waals surface area contributed by atoms with Crippen molar-refractivity contribution in [1.29, 1.82) is 0 Å². The summed E-state index contributed by atoms with van der Waals surface area (Å²) < 4.78 is 5.17. The Bertz CT molecular complexity index is 1290. The molecule has 36 heavy (non-hydrogen) atoms. The van der Waals surface area contributed by atoms with E-state index < -0.39 is 5.92 Å². The van der Waals surface area contributed by atoms with Crippen LogP contribution in [0.25, 0.3) is 0 Å². The van der Waals surface area contributed by atoms with Crippen LogP contribution in [0.4, 0.5) is 16.5 Å². The monoisotopic (exact) mass is 505 g/mol. The predicted octanol–water partition coefficient (Wildman–Crippen LogP) is 3.62. The predicted molar refractivity (Wildman–Crippen MR) is 138 cm³/mol. The number of nitrogens with one attached hydrogen (secondary N) is 1. The van der Waals surface area contributed by atoms with Crippen LogP contribution in [0, 0.1) is 5.92 Å². The molecule has 2 unspecified atom stereocenters. The Kier molecular flexibility index (Phi) is 6.69. The molecule has 2 saturated heterocycles. The number of amides is 3. The van der Waals surface area contributed by atoms with Gasteiger partial charge >= 0.3 is 0 Å².